The second-order valence-corrected chi connectivity index (χ2v) is 3.68. The molecule has 0 aliphatic rings. The van der Waals surface area contributed by atoms with Crippen LogP contribution in [0.3, 0.4) is 0 Å². The van der Waals surface area contributed by atoms with Crippen molar-refractivity contribution >= 4 is 11.9 Å². The van der Waals surface area contributed by atoms with Gasteiger partial charge >= 0.3 is 5.97 Å². The summed E-state index contributed by atoms with van der Waals surface area (Å²) in [7, 11) is 2.98. The number of carbonyl (C=O) groups excluding carboxylic acids is 2. The van der Waals surface area contributed by atoms with Gasteiger partial charge in [0.25, 0.3) is 0 Å². The molecule has 3 N–H and O–H groups in total. The Hall–Kier alpha value is -1.89. The molecule has 0 bridgehead atoms. The number of methoxy groups -OCH3 is 1. The third-order valence-electron chi connectivity index (χ3n) is 2.28. The van der Waals surface area contributed by atoms with Gasteiger partial charge in [0.05, 0.1) is 13.3 Å². The molecule has 1 aromatic heterocycles. The SMILES string of the molecule is COC(=O)[C@H](C)NC(=O)C(N)c1cnn(C)c1. The molecule has 0 aliphatic heterocycles. The van der Waals surface area contributed by atoms with Gasteiger partial charge in [0, 0.05) is 18.8 Å². The first-order valence-corrected chi connectivity index (χ1v) is 5.08. The minimum atomic E-state index is -0.851. The first kappa shape index (κ1) is 13.2. The Morgan fingerprint density at radius 1 is 1.59 bits per heavy atom. The molecule has 0 fully saturated rings. The van der Waals surface area contributed by atoms with Crippen molar-refractivity contribution in [2.24, 2.45) is 12.8 Å². The van der Waals surface area contributed by atoms with E-state index in [4.69, 9.17) is 5.73 Å². The van der Waals surface area contributed by atoms with Crippen LogP contribution >= 0.6 is 0 Å². The second-order valence-electron chi connectivity index (χ2n) is 3.68. The van der Waals surface area contributed by atoms with E-state index in [1.807, 2.05) is 0 Å². The Kier molecular flexibility index (Phi) is 4.22. The first-order chi connectivity index (χ1) is 7.95. The van der Waals surface area contributed by atoms with Crippen molar-refractivity contribution in [3.05, 3.63) is 18.0 Å². The fourth-order valence-corrected chi connectivity index (χ4v) is 1.29. The smallest absolute Gasteiger partial charge is 0.328 e. The molecule has 1 amide bonds. The normalized spacial score (nSPS) is 13.9. The molecule has 1 rings (SSSR count). The highest BCUT2D eigenvalue weighted by atomic mass is 16.5. The number of esters is 1. The van der Waals surface area contributed by atoms with Gasteiger partial charge in [0.2, 0.25) is 5.91 Å². The van der Waals surface area contributed by atoms with Crippen LogP contribution in [-0.2, 0) is 21.4 Å². The number of hydrogen-bond acceptors (Lipinski definition) is 5. The summed E-state index contributed by atoms with van der Waals surface area (Å²) in [5.41, 5.74) is 6.31. The van der Waals surface area contributed by atoms with Gasteiger partial charge in [-0.05, 0) is 6.92 Å². The molecule has 7 nitrogen and oxygen atoms in total. The van der Waals surface area contributed by atoms with Crippen molar-refractivity contribution in [2.45, 2.75) is 19.0 Å². The van der Waals surface area contributed by atoms with Crippen molar-refractivity contribution in [1.29, 1.82) is 0 Å². The minimum Gasteiger partial charge on any atom is -0.467 e. The van der Waals surface area contributed by atoms with Gasteiger partial charge in [0.15, 0.2) is 0 Å². The minimum absolute atomic E-state index is 0.448. The maximum atomic E-state index is 11.7. The molecule has 0 aromatic carbocycles. The van der Waals surface area contributed by atoms with Crippen molar-refractivity contribution in [3.63, 3.8) is 0 Å². The molecule has 17 heavy (non-hydrogen) atoms. The van der Waals surface area contributed by atoms with Crippen molar-refractivity contribution in [1.82, 2.24) is 15.1 Å². The zero-order valence-corrected chi connectivity index (χ0v) is 10.0. The fourth-order valence-electron chi connectivity index (χ4n) is 1.29. The maximum Gasteiger partial charge on any atom is 0.328 e. The number of amides is 1. The topological polar surface area (TPSA) is 99.2 Å². The summed E-state index contributed by atoms with van der Waals surface area (Å²) in [4.78, 5) is 22.8. The largest absolute Gasteiger partial charge is 0.467 e. The molecule has 2 atom stereocenters. The molecule has 0 saturated carbocycles. The summed E-state index contributed by atoms with van der Waals surface area (Å²) >= 11 is 0. The molecule has 0 spiro atoms. The number of nitrogens with two attached hydrogens (primary N) is 1. The number of nitrogens with one attached hydrogen (secondary N) is 1. The summed E-state index contributed by atoms with van der Waals surface area (Å²) in [5.74, 6) is -0.965. The van der Waals surface area contributed by atoms with Gasteiger partial charge < -0.3 is 15.8 Å². The number of hydrogen-bond donors (Lipinski definition) is 2. The number of aryl methyl sites for hydroxylation is 1. The van der Waals surface area contributed by atoms with E-state index in [0.29, 0.717) is 5.56 Å². The molecule has 1 unspecified atom stereocenters. The molecule has 1 aromatic rings. The molecule has 7 heteroatoms. The highest BCUT2D eigenvalue weighted by Gasteiger charge is 2.22. The predicted molar refractivity (Wildman–Crippen MR) is 59.8 cm³/mol. The Morgan fingerprint density at radius 2 is 2.24 bits per heavy atom. The highest BCUT2D eigenvalue weighted by molar-refractivity contribution is 5.87. The van der Waals surface area contributed by atoms with Crippen molar-refractivity contribution in [3.8, 4) is 0 Å². The molecule has 0 saturated heterocycles. The number of aromatic nitrogens is 2. The lowest BCUT2D eigenvalue weighted by atomic mass is 10.1. The summed E-state index contributed by atoms with van der Waals surface area (Å²) < 4.78 is 6.04. The molecule has 0 radical (unpaired) electrons. The van der Waals surface area contributed by atoms with E-state index in [2.05, 4.69) is 15.2 Å². The standard InChI is InChI=1S/C10H16N4O3/c1-6(10(16)17-3)13-9(15)8(11)7-4-12-14(2)5-7/h4-6,8H,11H2,1-3H3,(H,13,15)/t6-,8?/m0/s1. The summed E-state index contributed by atoms with van der Waals surface area (Å²) in [6, 6.07) is -1.58. The van der Waals surface area contributed by atoms with E-state index < -0.39 is 24.0 Å². The van der Waals surface area contributed by atoms with E-state index in [1.165, 1.54) is 20.2 Å². The average Bonchev–Trinajstić information content (AvgIpc) is 2.73. The number of ether oxygens (including phenoxy) is 1. The molecular formula is C10H16N4O3. The lowest BCUT2D eigenvalue weighted by Crippen LogP contribution is -2.43. The van der Waals surface area contributed by atoms with Crippen LogP contribution in [0, 0.1) is 0 Å². The molecule has 94 valence electrons. The van der Waals surface area contributed by atoms with E-state index >= 15 is 0 Å². The average molecular weight is 240 g/mol. The lowest BCUT2D eigenvalue weighted by molar-refractivity contribution is -0.144. The number of nitrogens with zero attached hydrogens (tertiary/aromatic N) is 2. The van der Waals surface area contributed by atoms with Crippen LogP contribution in [0.1, 0.15) is 18.5 Å². The first-order valence-electron chi connectivity index (χ1n) is 5.08. The summed E-state index contributed by atoms with van der Waals surface area (Å²) in [6.07, 6.45) is 3.15. The summed E-state index contributed by atoms with van der Waals surface area (Å²) in [5, 5.41) is 6.38. The number of carbonyl (C=O) groups is 2. The van der Waals surface area contributed by atoms with Gasteiger partial charge in [-0.25, -0.2) is 4.79 Å². The lowest BCUT2D eigenvalue weighted by Gasteiger charge is -2.14. The van der Waals surface area contributed by atoms with Crippen LogP contribution in [0.25, 0.3) is 0 Å². The van der Waals surface area contributed by atoms with Crippen LogP contribution < -0.4 is 11.1 Å². The van der Waals surface area contributed by atoms with Crippen LogP contribution in [0.4, 0.5) is 0 Å². The monoisotopic (exact) mass is 240 g/mol. The maximum absolute atomic E-state index is 11.7. The zero-order valence-electron chi connectivity index (χ0n) is 10.0. The molecular weight excluding hydrogens is 224 g/mol. The zero-order chi connectivity index (χ0) is 13.0. The Balaban J connectivity index is 2.62. The van der Waals surface area contributed by atoms with Gasteiger partial charge in [-0.2, -0.15) is 5.10 Å². The van der Waals surface area contributed by atoms with E-state index in [-0.39, 0.29) is 0 Å². The fraction of sp³-hybridized carbons (Fsp3) is 0.500. The Morgan fingerprint density at radius 3 is 2.71 bits per heavy atom. The van der Waals surface area contributed by atoms with Crippen LogP contribution in [0.2, 0.25) is 0 Å². The second kappa shape index (κ2) is 5.44. The quantitative estimate of drug-likeness (QED) is 0.664. The van der Waals surface area contributed by atoms with E-state index in [9.17, 15) is 9.59 Å². The number of rotatable bonds is 4. The summed E-state index contributed by atoms with van der Waals surface area (Å²) in [6.45, 7) is 1.53. The Labute approximate surface area is 98.9 Å². The van der Waals surface area contributed by atoms with E-state index in [0.717, 1.165) is 0 Å². The van der Waals surface area contributed by atoms with E-state index in [1.54, 1.807) is 17.9 Å². The van der Waals surface area contributed by atoms with Gasteiger partial charge in [-0.1, -0.05) is 0 Å². The van der Waals surface area contributed by atoms with Gasteiger partial charge in [-0.15, -0.1) is 0 Å². The third-order valence-corrected chi connectivity index (χ3v) is 2.28. The van der Waals surface area contributed by atoms with Crippen LogP contribution in [-0.4, -0.2) is 34.8 Å². The Bertz CT molecular complexity index is 415. The third kappa shape index (κ3) is 3.28. The predicted octanol–water partition coefficient (Wildman–Crippen LogP) is -0.902. The highest BCUT2D eigenvalue weighted by Crippen LogP contribution is 2.08. The van der Waals surface area contributed by atoms with Crippen molar-refractivity contribution < 1.29 is 14.3 Å². The van der Waals surface area contributed by atoms with Crippen molar-refractivity contribution in [2.75, 3.05) is 7.11 Å². The van der Waals surface area contributed by atoms with Gasteiger partial charge in [0.1, 0.15) is 12.1 Å². The molecule has 0 aliphatic carbocycles. The van der Waals surface area contributed by atoms with Crippen LogP contribution in [0.15, 0.2) is 12.4 Å². The van der Waals surface area contributed by atoms with Gasteiger partial charge in [-0.3, -0.25) is 9.48 Å². The molecule has 1 heterocycles. The van der Waals surface area contributed by atoms with Crippen LogP contribution in [0.5, 0.6) is 0 Å².